The van der Waals surface area contributed by atoms with E-state index in [9.17, 15) is 17.6 Å². The highest BCUT2D eigenvalue weighted by Gasteiger charge is 2.19. The fraction of sp³-hybridized carbons (Fsp3) is 0.188. The fourth-order valence-electron chi connectivity index (χ4n) is 1.96. The van der Waals surface area contributed by atoms with Gasteiger partial charge in [0.15, 0.2) is 9.84 Å². The number of nitrogens with one attached hydrogen (secondary N) is 1. The second kappa shape index (κ2) is 7.57. The summed E-state index contributed by atoms with van der Waals surface area (Å²) < 4.78 is 37.8. The van der Waals surface area contributed by atoms with E-state index in [1.165, 1.54) is 12.1 Å². The highest BCUT2D eigenvalue weighted by Crippen LogP contribution is 2.21. The Balaban J connectivity index is 1.95. The summed E-state index contributed by atoms with van der Waals surface area (Å²) >= 11 is 5.82. The molecule has 1 amide bonds. The van der Waals surface area contributed by atoms with Crippen molar-refractivity contribution in [1.29, 1.82) is 0 Å². The molecule has 0 spiro atoms. The molecule has 23 heavy (non-hydrogen) atoms. The number of hydrogen-bond acceptors (Lipinski definition) is 3. The summed E-state index contributed by atoms with van der Waals surface area (Å²) in [5.41, 5.74) is 0.518. The highest BCUT2D eigenvalue weighted by atomic mass is 35.5. The van der Waals surface area contributed by atoms with Crippen LogP contribution in [0.25, 0.3) is 0 Å². The van der Waals surface area contributed by atoms with E-state index in [0.717, 1.165) is 6.07 Å². The molecule has 0 fully saturated rings. The second-order valence-corrected chi connectivity index (χ2v) is 7.55. The van der Waals surface area contributed by atoms with Crippen molar-refractivity contribution in [2.24, 2.45) is 0 Å². The first-order valence-electron chi connectivity index (χ1n) is 6.85. The molecule has 2 rings (SSSR count). The van der Waals surface area contributed by atoms with Crippen LogP contribution in [0.3, 0.4) is 0 Å². The van der Waals surface area contributed by atoms with Gasteiger partial charge >= 0.3 is 0 Å². The Morgan fingerprint density at radius 2 is 1.78 bits per heavy atom. The highest BCUT2D eigenvalue weighted by molar-refractivity contribution is 7.90. The lowest BCUT2D eigenvalue weighted by atomic mass is 10.2. The third kappa shape index (κ3) is 5.33. The van der Waals surface area contributed by atoms with Crippen molar-refractivity contribution >= 4 is 33.0 Å². The van der Waals surface area contributed by atoms with E-state index in [0.29, 0.717) is 5.69 Å². The van der Waals surface area contributed by atoms with Crippen molar-refractivity contribution < 1.29 is 17.6 Å². The lowest BCUT2D eigenvalue weighted by Crippen LogP contribution is -2.18. The molecule has 0 bridgehead atoms. The van der Waals surface area contributed by atoms with Crippen LogP contribution in [0.2, 0.25) is 5.02 Å². The van der Waals surface area contributed by atoms with Gasteiger partial charge in [0.1, 0.15) is 5.82 Å². The van der Waals surface area contributed by atoms with Gasteiger partial charge in [-0.2, -0.15) is 0 Å². The molecule has 122 valence electrons. The third-order valence-electron chi connectivity index (χ3n) is 3.12. The maximum absolute atomic E-state index is 13.6. The molecule has 0 aliphatic carbocycles. The first-order valence-corrected chi connectivity index (χ1v) is 9.05. The Bertz CT molecular complexity index is 774. The largest absolute Gasteiger partial charge is 0.326 e. The van der Waals surface area contributed by atoms with Gasteiger partial charge in [-0.25, -0.2) is 12.8 Å². The SMILES string of the molecule is O=C(CCS(=O)(=O)Cc1c(F)cccc1Cl)Nc1ccccc1. The van der Waals surface area contributed by atoms with Crippen molar-refractivity contribution in [3.8, 4) is 0 Å². The molecule has 4 nitrogen and oxygen atoms in total. The van der Waals surface area contributed by atoms with E-state index < -0.39 is 27.3 Å². The van der Waals surface area contributed by atoms with Gasteiger partial charge in [0.2, 0.25) is 5.91 Å². The fourth-order valence-corrected chi connectivity index (χ4v) is 3.64. The number of hydrogen-bond donors (Lipinski definition) is 1. The van der Waals surface area contributed by atoms with Gasteiger partial charge in [-0.1, -0.05) is 35.9 Å². The molecule has 7 heteroatoms. The molecular weight excluding hydrogens is 341 g/mol. The predicted molar refractivity (Wildman–Crippen MR) is 88.6 cm³/mol. The Morgan fingerprint density at radius 1 is 1.09 bits per heavy atom. The van der Waals surface area contributed by atoms with Crippen LogP contribution in [-0.4, -0.2) is 20.1 Å². The number of para-hydroxylation sites is 1. The summed E-state index contributed by atoms with van der Waals surface area (Å²) in [6.45, 7) is 0. The molecule has 0 heterocycles. The Morgan fingerprint density at radius 3 is 2.43 bits per heavy atom. The van der Waals surface area contributed by atoms with Gasteiger partial charge in [-0.3, -0.25) is 4.79 Å². The molecular formula is C16H15ClFNO3S. The van der Waals surface area contributed by atoms with Crippen LogP contribution in [0.4, 0.5) is 10.1 Å². The Kier molecular flexibility index (Phi) is 5.74. The van der Waals surface area contributed by atoms with Gasteiger partial charge in [0.05, 0.1) is 11.5 Å². The zero-order valence-electron chi connectivity index (χ0n) is 12.1. The molecule has 0 unspecified atom stereocenters. The molecule has 0 atom stereocenters. The monoisotopic (exact) mass is 355 g/mol. The number of halogens is 2. The van der Waals surface area contributed by atoms with Crippen molar-refractivity contribution in [2.45, 2.75) is 12.2 Å². The number of benzene rings is 2. The average molecular weight is 356 g/mol. The van der Waals surface area contributed by atoms with E-state index in [1.807, 2.05) is 0 Å². The standard InChI is InChI=1S/C16H15ClFNO3S/c17-14-7-4-8-15(18)13(14)11-23(21,22)10-9-16(20)19-12-5-2-1-3-6-12/h1-8H,9-11H2,(H,19,20). The number of rotatable bonds is 6. The number of sulfone groups is 1. The molecule has 0 aliphatic heterocycles. The summed E-state index contributed by atoms with van der Waals surface area (Å²) in [5, 5.41) is 2.66. The molecule has 2 aromatic rings. The van der Waals surface area contributed by atoms with E-state index in [2.05, 4.69) is 5.32 Å². The topological polar surface area (TPSA) is 63.2 Å². The quantitative estimate of drug-likeness (QED) is 0.863. The van der Waals surface area contributed by atoms with Crippen molar-refractivity contribution in [2.75, 3.05) is 11.1 Å². The van der Waals surface area contributed by atoms with Gasteiger partial charge in [-0.05, 0) is 24.3 Å². The minimum absolute atomic E-state index is 0.0577. The number of anilines is 1. The number of carbonyl (C=O) groups excluding carboxylic acids is 1. The minimum Gasteiger partial charge on any atom is -0.326 e. The smallest absolute Gasteiger partial charge is 0.225 e. The summed E-state index contributed by atoms with van der Waals surface area (Å²) in [5.74, 6) is -2.00. The second-order valence-electron chi connectivity index (χ2n) is 4.96. The lowest BCUT2D eigenvalue weighted by molar-refractivity contribution is -0.115. The summed E-state index contributed by atoms with van der Waals surface area (Å²) in [4.78, 5) is 11.8. The van der Waals surface area contributed by atoms with Crippen LogP contribution in [0.5, 0.6) is 0 Å². The van der Waals surface area contributed by atoms with Crippen LogP contribution in [0.1, 0.15) is 12.0 Å². The van der Waals surface area contributed by atoms with E-state index >= 15 is 0 Å². The van der Waals surface area contributed by atoms with Crippen molar-refractivity contribution in [3.63, 3.8) is 0 Å². The first-order chi connectivity index (χ1) is 10.9. The average Bonchev–Trinajstić information content (AvgIpc) is 2.50. The van der Waals surface area contributed by atoms with Crippen LogP contribution >= 0.6 is 11.6 Å². The molecule has 2 aromatic carbocycles. The zero-order valence-corrected chi connectivity index (χ0v) is 13.7. The molecule has 0 saturated heterocycles. The molecule has 0 aromatic heterocycles. The van der Waals surface area contributed by atoms with Gasteiger partial charge in [0, 0.05) is 22.7 Å². The van der Waals surface area contributed by atoms with Crippen LogP contribution in [0.15, 0.2) is 48.5 Å². The number of carbonyl (C=O) groups is 1. The third-order valence-corrected chi connectivity index (χ3v) is 5.03. The zero-order chi connectivity index (χ0) is 16.9. The van der Waals surface area contributed by atoms with E-state index in [1.54, 1.807) is 30.3 Å². The Hall–Kier alpha value is -1.92. The van der Waals surface area contributed by atoms with Crippen LogP contribution < -0.4 is 5.32 Å². The summed E-state index contributed by atoms with van der Waals surface area (Å²) in [6.07, 6.45) is -0.205. The van der Waals surface area contributed by atoms with Crippen molar-refractivity contribution in [3.05, 3.63) is 64.9 Å². The minimum atomic E-state index is -3.65. The number of amides is 1. The van der Waals surface area contributed by atoms with Crippen molar-refractivity contribution in [1.82, 2.24) is 0 Å². The lowest BCUT2D eigenvalue weighted by Gasteiger charge is -2.08. The first kappa shape index (κ1) is 17.4. The van der Waals surface area contributed by atoms with E-state index in [4.69, 9.17) is 11.6 Å². The predicted octanol–water partition coefficient (Wildman–Crippen LogP) is 3.42. The maximum atomic E-state index is 13.6. The summed E-state index contributed by atoms with van der Waals surface area (Å²) in [7, 11) is -3.65. The normalized spacial score (nSPS) is 11.2. The van der Waals surface area contributed by atoms with Crippen LogP contribution in [0, 0.1) is 5.82 Å². The van der Waals surface area contributed by atoms with Gasteiger partial charge < -0.3 is 5.32 Å². The van der Waals surface area contributed by atoms with Gasteiger partial charge in [-0.15, -0.1) is 0 Å². The molecule has 1 N–H and O–H groups in total. The van der Waals surface area contributed by atoms with Crippen LogP contribution in [-0.2, 0) is 20.4 Å². The molecule has 0 radical (unpaired) electrons. The van der Waals surface area contributed by atoms with Gasteiger partial charge in [0.25, 0.3) is 0 Å². The molecule has 0 aliphatic rings. The summed E-state index contributed by atoms with van der Waals surface area (Å²) in [6, 6.07) is 12.7. The van der Waals surface area contributed by atoms with E-state index in [-0.39, 0.29) is 22.8 Å². The Labute approximate surface area is 139 Å². The maximum Gasteiger partial charge on any atom is 0.225 e. The molecule has 0 saturated carbocycles.